The molecule has 0 bridgehead atoms. The van der Waals surface area contributed by atoms with Gasteiger partial charge in [0, 0.05) is 44.1 Å². The lowest BCUT2D eigenvalue weighted by atomic mass is 10.1. The van der Waals surface area contributed by atoms with Gasteiger partial charge in [-0.05, 0) is 30.9 Å². The molecule has 1 aromatic heterocycles. The van der Waals surface area contributed by atoms with E-state index in [1.807, 2.05) is 13.8 Å². The van der Waals surface area contributed by atoms with Crippen molar-refractivity contribution < 1.29 is 18.4 Å². The van der Waals surface area contributed by atoms with Crippen LogP contribution in [0.4, 0.5) is 8.78 Å². The summed E-state index contributed by atoms with van der Waals surface area (Å²) in [5.41, 5.74) is -1.27. The highest BCUT2D eigenvalue weighted by molar-refractivity contribution is 5.99. The van der Waals surface area contributed by atoms with Crippen molar-refractivity contribution in [2.24, 2.45) is 5.92 Å². The van der Waals surface area contributed by atoms with E-state index in [1.165, 1.54) is 23.4 Å². The van der Waals surface area contributed by atoms with E-state index in [9.17, 15) is 23.2 Å². The third-order valence-corrected chi connectivity index (χ3v) is 5.74. The van der Waals surface area contributed by atoms with E-state index in [0.717, 1.165) is 37.8 Å². The Kier molecular flexibility index (Phi) is 7.43. The van der Waals surface area contributed by atoms with Crippen LogP contribution >= 0.6 is 0 Å². The van der Waals surface area contributed by atoms with Crippen LogP contribution in [0.25, 0.3) is 0 Å². The summed E-state index contributed by atoms with van der Waals surface area (Å²) in [7, 11) is 1.62. The Balaban J connectivity index is 1.94. The zero-order valence-corrected chi connectivity index (χ0v) is 18.7. The van der Waals surface area contributed by atoms with Crippen molar-refractivity contribution in [2.45, 2.75) is 52.1 Å². The van der Waals surface area contributed by atoms with Crippen molar-refractivity contribution in [2.75, 3.05) is 13.6 Å². The van der Waals surface area contributed by atoms with Gasteiger partial charge in [0.1, 0.15) is 22.8 Å². The highest BCUT2D eigenvalue weighted by Crippen LogP contribution is 2.29. The molecule has 1 saturated carbocycles. The van der Waals surface area contributed by atoms with Gasteiger partial charge in [-0.25, -0.2) is 8.78 Å². The van der Waals surface area contributed by atoms with E-state index in [-0.39, 0.29) is 28.7 Å². The van der Waals surface area contributed by atoms with Gasteiger partial charge in [0.15, 0.2) is 0 Å². The topological polar surface area (TPSA) is 71.4 Å². The molecule has 6 nitrogen and oxygen atoms in total. The van der Waals surface area contributed by atoms with Crippen LogP contribution in [0.5, 0.6) is 0 Å². The van der Waals surface area contributed by atoms with Crippen LogP contribution in [-0.4, -0.2) is 34.9 Å². The standard InChI is InChI=1S/C24H29F2N3O3/c1-15(2)12-28(3)24(32)19-14-29(16-7-4-5-8-16)13-18(22(19)30)23(31)27-11-17-20(25)9-6-10-21(17)26/h6,9-10,13-16H,4-5,7-8,11-12H2,1-3H3,(H,27,31). The fourth-order valence-electron chi connectivity index (χ4n) is 4.13. The van der Waals surface area contributed by atoms with Gasteiger partial charge in [0.05, 0.1) is 0 Å². The zero-order chi connectivity index (χ0) is 23.4. The minimum absolute atomic E-state index is 0.0789. The van der Waals surface area contributed by atoms with Crippen molar-refractivity contribution in [3.8, 4) is 0 Å². The Labute approximate surface area is 186 Å². The van der Waals surface area contributed by atoms with E-state index in [4.69, 9.17) is 0 Å². The first-order valence-corrected chi connectivity index (χ1v) is 10.9. The van der Waals surface area contributed by atoms with Crippen LogP contribution in [0.1, 0.15) is 71.9 Å². The number of pyridine rings is 1. The van der Waals surface area contributed by atoms with E-state index < -0.39 is 35.4 Å². The van der Waals surface area contributed by atoms with Gasteiger partial charge >= 0.3 is 0 Å². The maximum Gasteiger partial charge on any atom is 0.259 e. The first-order chi connectivity index (χ1) is 15.2. The molecule has 0 aliphatic heterocycles. The number of hydrogen-bond donors (Lipinski definition) is 1. The molecule has 2 amide bonds. The molecule has 0 radical (unpaired) electrons. The number of benzene rings is 1. The molecule has 1 heterocycles. The molecule has 1 aromatic carbocycles. The first-order valence-electron chi connectivity index (χ1n) is 10.9. The minimum atomic E-state index is -0.784. The number of aromatic nitrogens is 1. The number of amides is 2. The molecule has 3 rings (SSSR count). The molecule has 0 unspecified atom stereocenters. The molecule has 0 spiro atoms. The van der Waals surface area contributed by atoms with Gasteiger partial charge in [-0.15, -0.1) is 0 Å². The second-order valence-corrected chi connectivity index (χ2v) is 8.76. The van der Waals surface area contributed by atoms with Crippen molar-refractivity contribution >= 4 is 11.8 Å². The van der Waals surface area contributed by atoms with E-state index in [0.29, 0.717) is 6.54 Å². The fourth-order valence-corrected chi connectivity index (χ4v) is 4.13. The average molecular weight is 446 g/mol. The molecule has 0 saturated heterocycles. The molecular formula is C24H29F2N3O3. The number of nitrogens with one attached hydrogen (secondary N) is 1. The van der Waals surface area contributed by atoms with Gasteiger partial charge < -0.3 is 14.8 Å². The number of halogens is 2. The van der Waals surface area contributed by atoms with Crippen LogP contribution in [0.3, 0.4) is 0 Å². The summed E-state index contributed by atoms with van der Waals surface area (Å²) in [4.78, 5) is 40.4. The van der Waals surface area contributed by atoms with Crippen molar-refractivity contribution in [3.63, 3.8) is 0 Å². The molecule has 172 valence electrons. The van der Waals surface area contributed by atoms with Crippen LogP contribution in [0.15, 0.2) is 35.4 Å². The molecule has 8 heteroatoms. The lowest BCUT2D eigenvalue weighted by molar-refractivity contribution is 0.0776. The highest BCUT2D eigenvalue weighted by Gasteiger charge is 2.25. The van der Waals surface area contributed by atoms with Gasteiger partial charge in [-0.2, -0.15) is 0 Å². The van der Waals surface area contributed by atoms with Gasteiger partial charge in [-0.1, -0.05) is 32.8 Å². The highest BCUT2D eigenvalue weighted by atomic mass is 19.1. The molecule has 0 atom stereocenters. The Hall–Kier alpha value is -3.03. The first kappa shape index (κ1) is 23.6. The summed E-state index contributed by atoms with van der Waals surface area (Å²) in [5.74, 6) is -2.58. The predicted octanol–water partition coefficient (Wildman–Crippen LogP) is 3.90. The lowest BCUT2D eigenvalue weighted by Gasteiger charge is -2.22. The summed E-state index contributed by atoms with van der Waals surface area (Å²) in [6, 6.07) is 3.52. The summed E-state index contributed by atoms with van der Waals surface area (Å²) < 4.78 is 29.6. The molecule has 1 aliphatic rings. The van der Waals surface area contributed by atoms with E-state index >= 15 is 0 Å². The maximum absolute atomic E-state index is 13.9. The predicted molar refractivity (Wildman–Crippen MR) is 118 cm³/mol. The van der Waals surface area contributed by atoms with Gasteiger partial charge in [0.25, 0.3) is 11.8 Å². The molecule has 2 aromatic rings. The van der Waals surface area contributed by atoms with Crippen molar-refractivity contribution in [1.82, 2.24) is 14.8 Å². The number of nitrogens with zero attached hydrogens (tertiary/aromatic N) is 2. The Morgan fingerprint density at radius 2 is 1.72 bits per heavy atom. The normalized spacial score (nSPS) is 14.1. The molecule has 1 N–H and O–H groups in total. The molecule has 32 heavy (non-hydrogen) atoms. The third-order valence-electron chi connectivity index (χ3n) is 5.74. The van der Waals surface area contributed by atoms with Crippen LogP contribution in [0, 0.1) is 17.6 Å². The Morgan fingerprint density at radius 3 is 2.31 bits per heavy atom. The number of rotatable bonds is 7. The largest absolute Gasteiger partial charge is 0.349 e. The third kappa shape index (κ3) is 5.23. The van der Waals surface area contributed by atoms with Crippen LogP contribution in [-0.2, 0) is 6.54 Å². The fraction of sp³-hybridized carbons (Fsp3) is 0.458. The van der Waals surface area contributed by atoms with Crippen LogP contribution < -0.4 is 10.7 Å². The average Bonchev–Trinajstić information content (AvgIpc) is 3.27. The minimum Gasteiger partial charge on any atom is -0.349 e. The van der Waals surface area contributed by atoms with Gasteiger partial charge in [-0.3, -0.25) is 14.4 Å². The molecule has 1 fully saturated rings. The number of hydrogen-bond acceptors (Lipinski definition) is 3. The zero-order valence-electron chi connectivity index (χ0n) is 18.7. The summed E-state index contributed by atoms with van der Waals surface area (Å²) in [6.45, 7) is 3.98. The second-order valence-electron chi connectivity index (χ2n) is 8.76. The van der Waals surface area contributed by atoms with E-state index in [1.54, 1.807) is 11.6 Å². The number of carbonyl (C=O) groups excluding carboxylic acids is 2. The van der Waals surface area contributed by atoms with Crippen molar-refractivity contribution in [3.05, 3.63) is 69.1 Å². The Morgan fingerprint density at radius 1 is 1.12 bits per heavy atom. The SMILES string of the molecule is CC(C)CN(C)C(=O)c1cn(C2CCCC2)cc(C(=O)NCc2c(F)cccc2F)c1=O. The lowest BCUT2D eigenvalue weighted by Crippen LogP contribution is -2.37. The van der Waals surface area contributed by atoms with Crippen LogP contribution in [0.2, 0.25) is 0 Å². The van der Waals surface area contributed by atoms with E-state index in [2.05, 4.69) is 5.32 Å². The Bertz CT molecular complexity index is 1040. The smallest absolute Gasteiger partial charge is 0.259 e. The summed E-state index contributed by atoms with van der Waals surface area (Å²) in [6.07, 6.45) is 6.82. The monoisotopic (exact) mass is 445 g/mol. The summed E-state index contributed by atoms with van der Waals surface area (Å²) in [5, 5.41) is 2.43. The summed E-state index contributed by atoms with van der Waals surface area (Å²) >= 11 is 0. The molecular weight excluding hydrogens is 416 g/mol. The second kappa shape index (κ2) is 10.1. The van der Waals surface area contributed by atoms with Gasteiger partial charge in [0.2, 0.25) is 5.43 Å². The molecule has 1 aliphatic carbocycles. The van der Waals surface area contributed by atoms with Crippen molar-refractivity contribution in [1.29, 1.82) is 0 Å². The maximum atomic E-state index is 13.9. The number of carbonyl (C=O) groups is 2. The quantitative estimate of drug-likeness (QED) is 0.703.